The molecule has 1 aliphatic carbocycles. The Balaban J connectivity index is 2.35. The fraction of sp³-hybridized carbons (Fsp3) is 0.571. The van der Waals surface area contributed by atoms with Crippen LogP contribution in [0, 0.1) is 0 Å². The molecule has 9 heavy (non-hydrogen) atoms. The standard InChI is InChI=1S/C7H9NO/c1-5-8-7(2)3-6(7)4-9-5/h4H,3H2,1-2H3. The highest BCUT2D eigenvalue weighted by Gasteiger charge is 2.46. The Bertz CT molecular complexity index is 217. The summed E-state index contributed by atoms with van der Waals surface area (Å²) in [5.74, 6) is 0.791. The molecule has 2 rings (SSSR count). The van der Waals surface area contributed by atoms with Crippen LogP contribution >= 0.6 is 0 Å². The average molecular weight is 123 g/mol. The Morgan fingerprint density at radius 3 is 3.11 bits per heavy atom. The Hall–Kier alpha value is -0.790. The first kappa shape index (κ1) is 5.03. The molecule has 2 aliphatic rings. The minimum atomic E-state index is 0.141. The summed E-state index contributed by atoms with van der Waals surface area (Å²) in [4.78, 5) is 4.31. The highest BCUT2D eigenvalue weighted by atomic mass is 16.5. The van der Waals surface area contributed by atoms with Crippen LogP contribution in [0.15, 0.2) is 16.8 Å². The molecule has 0 aromatic rings. The zero-order valence-electron chi connectivity index (χ0n) is 5.64. The van der Waals surface area contributed by atoms with Crippen LogP contribution in [0.3, 0.4) is 0 Å². The molecule has 0 amide bonds. The molecule has 1 fully saturated rings. The van der Waals surface area contributed by atoms with Crippen molar-refractivity contribution in [3.05, 3.63) is 11.8 Å². The van der Waals surface area contributed by atoms with Crippen molar-refractivity contribution >= 4 is 5.90 Å². The number of rotatable bonds is 0. The molecule has 0 radical (unpaired) electrons. The fourth-order valence-corrected chi connectivity index (χ4v) is 1.14. The number of ether oxygens (including phenoxy) is 1. The largest absolute Gasteiger partial charge is 0.451 e. The van der Waals surface area contributed by atoms with E-state index in [1.165, 1.54) is 5.57 Å². The van der Waals surface area contributed by atoms with Gasteiger partial charge in [0.1, 0.15) is 0 Å². The van der Waals surface area contributed by atoms with Crippen molar-refractivity contribution in [1.29, 1.82) is 0 Å². The van der Waals surface area contributed by atoms with Crippen molar-refractivity contribution in [1.82, 2.24) is 0 Å². The Kier molecular flexibility index (Phi) is 0.672. The SMILES string of the molecule is CC1=NC2(C)CC2=CO1. The lowest BCUT2D eigenvalue weighted by molar-refractivity contribution is 0.446. The van der Waals surface area contributed by atoms with Gasteiger partial charge >= 0.3 is 0 Å². The maximum atomic E-state index is 5.08. The van der Waals surface area contributed by atoms with Crippen LogP contribution in [-0.4, -0.2) is 11.4 Å². The number of hydrogen-bond acceptors (Lipinski definition) is 2. The van der Waals surface area contributed by atoms with Crippen molar-refractivity contribution in [2.24, 2.45) is 4.99 Å². The van der Waals surface area contributed by atoms with E-state index in [2.05, 4.69) is 11.9 Å². The summed E-state index contributed by atoms with van der Waals surface area (Å²) in [6.45, 7) is 4.02. The first-order valence-electron chi connectivity index (χ1n) is 3.13. The van der Waals surface area contributed by atoms with Gasteiger partial charge in [-0.25, -0.2) is 4.99 Å². The lowest BCUT2D eigenvalue weighted by Crippen LogP contribution is -2.08. The van der Waals surface area contributed by atoms with E-state index in [-0.39, 0.29) is 5.54 Å². The Morgan fingerprint density at radius 1 is 1.78 bits per heavy atom. The normalized spacial score (nSPS) is 38.0. The second-order valence-corrected chi connectivity index (χ2v) is 2.84. The molecule has 2 nitrogen and oxygen atoms in total. The van der Waals surface area contributed by atoms with Crippen LogP contribution in [-0.2, 0) is 4.74 Å². The quantitative estimate of drug-likeness (QED) is 0.478. The molecule has 0 aromatic carbocycles. The van der Waals surface area contributed by atoms with E-state index in [9.17, 15) is 0 Å². The minimum Gasteiger partial charge on any atom is -0.451 e. The highest BCUT2D eigenvalue weighted by molar-refractivity contribution is 5.77. The number of fused-ring (bicyclic) bond motifs is 1. The van der Waals surface area contributed by atoms with Gasteiger partial charge in [-0.3, -0.25) is 0 Å². The molecular weight excluding hydrogens is 114 g/mol. The van der Waals surface area contributed by atoms with Crippen molar-refractivity contribution in [2.75, 3.05) is 0 Å². The van der Waals surface area contributed by atoms with E-state index in [0.29, 0.717) is 0 Å². The smallest absolute Gasteiger partial charge is 0.186 e. The van der Waals surface area contributed by atoms with E-state index in [1.807, 2.05) is 13.2 Å². The molecule has 0 aromatic heterocycles. The van der Waals surface area contributed by atoms with Gasteiger partial charge in [-0.15, -0.1) is 0 Å². The van der Waals surface area contributed by atoms with Gasteiger partial charge in [0.15, 0.2) is 5.90 Å². The third-order valence-corrected chi connectivity index (χ3v) is 1.88. The van der Waals surface area contributed by atoms with Crippen molar-refractivity contribution < 1.29 is 4.74 Å². The topological polar surface area (TPSA) is 21.6 Å². The van der Waals surface area contributed by atoms with Crippen molar-refractivity contribution in [2.45, 2.75) is 25.8 Å². The zero-order chi connectivity index (χ0) is 6.48. The molecule has 1 aliphatic heterocycles. The molecule has 1 unspecified atom stereocenters. The van der Waals surface area contributed by atoms with Gasteiger partial charge in [0.2, 0.25) is 0 Å². The molecule has 1 heterocycles. The summed E-state index contributed by atoms with van der Waals surface area (Å²) in [5.41, 5.74) is 1.47. The predicted molar refractivity (Wildman–Crippen MR) is 35.3 cm³/mol. The monoisotopic (exact) mass is 123 g/mol. The summed E-state index contributed by atoms with van der Waals surface area (Å²) in [6.07, 6.45) is 2.91. The van der Waals surface area contributed by atoms with E-state index in [1.54, 1.807) is 0 Å². The first-order valence-corrected chi connectivity index (χ1v) is 3.13. The molecule has 48 valence electrons. The van der Waals surface area contributed by atoms with Gasteiger partial charge in [-0.05, 0) is 12.5 Å². The molecule has 0 saturated heterocycles. The maximum absolute atomic E-state index is 5.08. The fourth-order valence-electron chi connectivity index (χ4n) is 1.14. The lowest BCUT2D eigenvalue weighted by Gasteiger charge is -2.07. The maximum Gasteiger partial charge on any atom is 0.186 e. The number of hydrogen-bond donors (Lipinski definition) is 0. The van der Waals surface area contributed by atoms with E-state index in [0.717, 1.165) is 12.3 Å². The van der Waals surface area contributed by atoms with Crippen LogP contribution in [0.1, 0.15) is 20.3 Å². The molecular formula is C7H9NO. The summed E-state index contributed by atoms with van der Waals surface area (Å²) >= 11 is 0. The molecule has 0 spiro atoms. The van der Waals surface area contributed by atoms with Gasteiger partial charge in [-0.2, -0.15) is 0 Å². The minimum absolute atomic E-state index is 0.141. The van der Waals surface area contributed by atoms with Gasteiger partial charge in [0.05, 0.1) is 11.8 Å². The third-order valence-electron chi connectivity index (χ3n) is 1.88. The Morgan fingerprint density at radius 2 is 2.56 bits per heavy atom. The van der Waals surface area contributed by atoms with E-state index >= 15 is 0 Å². The predicted octanol–water partition coefficient (Wildman–Crippen LogP) is 1.48. The van der Waals surface area contributed by atoms with Crippen LogP contribution in [0.2, 0.25) is 0 Å². The zero-order valence-corrected chi connectivity index (χ0v) is 5.64. The average Bonchev–Trinajstić information content (AvgIpc) is 2.38. The molecule has 1 atom stereocenters. The summed E-state index contributed by atoms with van der Waals surface area (Å²) in [7, 11) is 0. The van der Waals surface area contributed by atoms with Crippen molar-refractivity contribution in [3.63, 3.8) is 0 Å². The van der Waals surface area contributed by atoms with Gasteiger partial charge in [0, 0.05) is 13.3 Å². The lowest BCUT2D eigenvalue weighted by atomic mass is 10.3. The highest BCUT2D eigenvalue weighted by Crippen LogP contribution is 2.47. The summed E-state index contributed by atoms with van der Waals surface area (Å²) < 4.78 is 5.08. The first-order chi connectivity index (χ1) is 4.21. The van der Waals surface area contributed by atoms with E-state index < -0.39 is 0 Å². The van der Waals surface area contributed by atoms with Gasteiger partial charge in [-0.1, -0.05) is 0 Å². The Labute approximate surface area is 54.2 Å². The summed E-state index contributed by atoms with van der Waals surface area (Å²) in [6, 6.07) is 0. The van der Waals surface area contributed by atoms with Crippen LogP contribution in [0.25, 0.3) is 0 Å². The molecule has 0 bridgehead atoms. The summed E-state index contributed by atoms with van der Waals surface area (Å²) in [5, 5.41) is 0. The van der Waals surface area contributed by atoms with Crippen LogP contribution < -0.4 is 0 Å². The molecule has 1 saturated carbocycles. The second kappa shape index (κ2) is 1.20. The van der Waals surface area contributed by atoms with Gasteiger partial charge in [0.25, 0.3) is 0 Å². The third kappa shape index (κ3) is 0.590. The number of nitrogens with zero attached hydrogens (tertiary/aromatic N) is 1. The molecule has 0 N–H and O–H groups in total. The number of aliphatic imine (C=N–C) groups is 1. The van der Waals surface area contributed by atoms with E-state index in [4.69, 9.17) is 4.74 Å². The van der Waals surface area contributed by atoms with Crippen LogP contribution in [0.4, 0.5) is 0 Å². The van der Waals surface area contributed by atoms with Crippen LogP contribution in [0.5, 0.6) is 0 Å². The van der Waals surface area contributed by atoms with Gasteiger partial charge < -0.3 is 4.74 Å². The molecule has 2 heteroatoms. The van der Waals surface area contributed by atoms with Crippen molar-refractivity contribution in [3.8, 4) is 0 Å². The second-order valence-electron chi connectivity index (χ2n) is 2.84.